The minimum absolute atomic E-state index is 0.147. The summed E-state index contributed by atoms with van der Waals surface area (Å²) in [6, 6.07) is 5.92. The van der Waals surface area contributed by atoms with Crippen LogP contribution >= 0.6 is 0 Å². The maximum atomic E-state index is 14.6. The van der Waals surface area contributed by atoms with Gasteiger partial charge < -0.3 is 15.1 Å². The number of benzene rings is 1. The SMILES string of the molecule is Cc1nnc(NC(C)c2cccc(C(F)F)c2F)c2cc(N3CC(N(C)C)C3)cnc12. The first-order valence-electron chi connectivity index (χ1n) is 10.1. The maximum absolute atomic E-state index is 14.6. The van der Waals surface area contributed by atoms with E-state index in [2.05, 4.69) is 44.4 Å². The van der Waals surface area contributed by atoms with Crippen molar-refractivity contribution in [1.29, 1.82) is 0 Å². The van der Waals surface area contributed by atoms with E-state index in [1.807, 2.05) is 19.2 Å². The van der Waals surface area contributed by atoms with Crippen molar-refractivity contribution in [2.75, 3.05) is 37.4 Å². The molecule has 0 radical (unpaired) electrons. The molecule has 6 nitrogen and oxygen atoms in total. The van der Waals surface area contributed by atoms with Crippen LogP contribution in [-0.4, -0.2) is 53.3 Å². The van der Waals surface area contributed by atoms with Crippen LogP contribution in [0.25, 0.3) is 10.9 Å². The number of likely N-dealkylation sites (N-methyl/N-ethyl adjacent to an activating group) is 1. The van der Waals surface area contributed by atoms with Crippen LogP contribution in [0.4, 0.5) is 24.7 Å². The minimum Gasteiger partial charge on any atom is -0.367 e. The van der Waals surface area contributed by atoms with Crippen molar-refractivity contribution in [3.63, 3.8) is 0 Å². The molecule has 3 heterocycles. The largest absolute Gasteiger partial charge is 0.367 e. The third-order valence-corrected chi connectivity index (χ3v) is 5.84. The van der Waals surface area contributed by atoms with Gasteiger partial charge in [0, 0.05) is 30.1 Å². The molecule has 1 N–H and O–H groups in total. The van der Waals surface area contributed by atoms with Crippen LogP contribution in [0.15, 0.2) is 30.5 Å². The van der Waals surface area contributed by atoms with E-state index in [1.165, 1.54) is 12.1 Å². The van der Waals surface area contributed by atoms with Crippen LogP contribution in [0, 0.1) is 12.7 Å². The smallest absolute Gasteiger partial charge is 0.266 e. The van der Waals surface area contributed by atoms with E-state index in [0.717, 1.165) is 30.2 Å². The van der Waals surface area contributed by atoms with E-state index in [1.54, 1.807) is 6.92 Å². The zero-order valence-corrected chi connectivity index (χ0v) is 17.9. The molecule has 0 aliphatic carbocycles. The van der Waals surface area contributed by atoms with Crippen molar-refractivity contribution < 1.29 is 13.2 Å². The maximum Gasteiger partial charge on any atom is 0.266 e. The van der Waals surface area contributed by atoms with E-state index >= 15 is 0 Å². The van der Waals surface area contributed by atoms with Gasteiger partial charge in [-0.3, -0.25) is 4.98 Å². The first kappa shape index (κ1) is 21.3. The second kappa shape index (κ2) is 8.30. The molecular weight excluding hydrogens is 405 g/mol. The highest BCUT2D eigenvalue weighted by Crippen LogP contribution is 2.32. The van der Waals surface area contributed by atoms with Crippen LogP contribution < -0.4 is 10.2 Å². The van der Waals surface area contributed by atoms with Crippen molar-refractivity contribution in [2.24, 2.45) is 0 Å². The molecule has 1 aromatic carbocycles. The molecule has 1 atom stereocenters. The van der Waals surface area contributed by atoms with Gasteiger partial charge in [0.1, 0.15) is 5.82 Å². The Morgan fingerprint density at radius 1 is 1.16 bits per heavy atom. The highest BCUT2D eigenvalue weighted by molar-refractivity contribution is 5.92. The van der Waals surface area contributed by atoms with Gasteiger partial charge in [0.25, 0.3) is 6.43 Å². The number of nitrogens with one attached hydrogen (secondary N) is 1. The molecule has 2 aromatic heterocycles. The zero-order valence-electron chi connectivity index (χ0n) is 17.9. The van der Waals surface area contributed by atoms with Gasteiger partial charge in [-0.15, -0.1) is 5.10 Å². The standard InChI is InChI=1S/C22H25F3N6/c1-12(16-6-5-7-17(19(16)23)21(24)25)27-22-18-8-14(31-10-15(11-31)30(3)4)9-26-20(18)13(2)28-29-22/h5-9,12,15,21H,10-11H2,1-4H3,(H,27,29). The lowest BCUT2D eigenvalue weighted by molar-refractivity contribution is 0.146. The molecule has 0 amide bonds. The van der Waals surface area contributed by atoms with Crippen LogP contribution in [0.2, 0.25) is 0 Å². The van der Waals surface area contributed by atoms with Gasteiger partial charge in [0.2, 0.25) is 0 Å². The van der Waals surface area contributed by atoms with Crippen molar-refractivity contribution in [3.05, 3.63) is 53.1 Å². The third-order valence-electron chi connectivity index (χ3n) is 5.84. The number of aromatic nitrogens is 3. The Balaban J connectivity index is 1.65. The zero-order chi connectivity index (χ0) is 22.3. The molecule has 0 spiro atoms. The highest BCUT2D eigenvalue weighted by atomic mass is 19.3. The number of anilines is 2. The van der Waals surface area contributed by atoms with Crippen LogP contribution in [0.5, 0.6) is 0 Å². The summed E-state index contributed by atoms with van der Waals surface area (Å²) < 4.78 is 40.8. The number of halogens is 3. The van der Waals surface area contributed by atoms with Crippen LogP contribution in [-0.2, 0) is 0 Å². The molecule has 1 unspecified atom stereocenters. The molecule has 164 valence electrons. The summed E-state index contributed by atoms with van der Waals surface area (Å²) in [6.07, 6.45) is -1.05. The molecule has 31 heavy (non-hydrogen) atoms. The number of rotatable bonds is 6. The lowest BCUT2D eigenvalue weighted by atomic mass is 10.0. The van der Waals surface area contributed by atoms with E-state index in [-0.39, 0.29) is 5.56 Å². The number of nitrogens with zero attached hydrogens (tertiary/aromatic N) is 5. The number of hydrogen-bond donors (Lipinski definition) is 1. The Kier molecular flexibility index (Phi) is 5.70. The summed E-state index contributed by atoms with van der Waals surface area (Å²) in [5.41, 5.74) is 1.89. The molecule has 1 aliphatic heterocycles. The third kappa shape index (κ3) is 4.01. The first-order chi connectivity index (χ1) is 14.8. The number of fused-ring (bicyclic) bond motifs is 1. The quantitative estimate of drug-likeness (QED) is 0.628. The highest BCUT2D eigenvalue weighted by Gasteiger charge is 2.29. The van der Waals surface area contributed by atoms with Crippen molar-refractivity contribution in [2.45, 2.75) is 32.4 Å². The molecule has 1 aliphatic rings. The van der Waals surface area contributed by atoms with E-state index < -0.39 is 23.8 Å². The predicted octanol–water partition coefficient (Wildman–Crippen LogP) is 4.33. The fourth-order valence-electron chi connectivity index (χ4n) is 3.78. The monoisotopic (exact) mass is 430 g/mol. The Morgan fingerprint density at radius 2 is 1.87 bits per heavy atom. The van der Waals surface area contributed by atoms with Crippen LogP contribution in [0.3, 0.4) is 0 Å². The van der Waals surface area contributed by atoms with Crippen molar-refractivity contribution >= 4 is 22.4 Å². The van der Waals surface area contributed by atoms with Crippen molar-refractivity contribution in [3.8, 4) is 0 Å². The lowest BCUT2D eigenvalue weighted by Gasteiger charge is -2.44. The van der Waals surface area contributed by atoms with Crippen molar-refractivity contribution in [1.82, 2.24) is 20.1 Å². The summed E-state index contributed by atoms with van der Waals surface area (Å²) >= 11 is 0. The molecule has 3 aromatic rings. The fourth-order valence-corrected chi connectivity index (χ4v) is 3.78. The number of hydrogen-bond acceptors (Lipinski definition) is 6. The Morgan fingerprint density at radius 3 is 2.55 bits per heavy atom. The summed E-state index contributed by atoms with van der Waals surface area (Å²) in [5.74, 6) is -0.468. The Hall–Kier alpha value is -2.94. The molecule has 0 saturated carbocycles. The molecule has 1 fully saturated rings. The van der Waals surface area contributed by atoms with Crippen LogP contribution in [0.1, 0.15) is 36.2 Å². The molecule has 4 rings (SSSR count). The number of pyridine rings is 1. The Labute approximate surface area is 179 Å². The van der Waals surface area contributed by atoms with Gasteiger partial charge in [-0.05, 0) is 34.0 Å². The molecule has 0 bridgehead atoms. The average molecular weight is 430 g/mol. The predicted molar refractivity (Wildman–Crippen MR) is 115 cm³/mol. The number of alkyl halides is 2. The number of aryl methyl sites for hydroxylation is 1. The fraction of sp³-hybridized carbons (Fsp3) is 0.409. The molecule has 9 heteroatoms. The lowest BCUT2D eigenvalue weighted by Crippen LogP contribution is -2.57. The minimum atomic E-state index is -2.87. The van der Waals surface area contributed by atoms with Gasteiger partial charge >= 0.3 is 0 Å². The van der Waals surface area contributed by atoms with Gasteiger partial charge in [-0.1, -0.05) is 18.2 Å². The average Bonchev–Trinajstić information content (AvgIpc) is 2.68. The molecular formula is C22H25F3N6. The summed E-state index contributed by atoms with van der Waals surface area (Å²) in [4.78, 5) is 9.00. The first-order valence-corrected chi connectivity index (χ1v) is 10.1. The second-order valence-electron chi connectivity index (χ2n) is 8.16. The van der Waals surface area contributed by atoms with E-state index in [9.17, 15) is 13.2 Å². The van der Waals surface area contributed by atoms with Gasteiger partial charge in [-0.25, -0.2) is 13.2 Å². The summed E-state index contributed by atoms with van der Waals surface area (Å²) in [7, 11) is 4.12. The molecule has 1 saturated heterocycles. The van der Waals surface area contributed by atoms with E-state index in [0.29, 0.717) is 23.1 Å². The van der Waals surface area contributed by atoms with Gasteiger partial charge in [0.05, 0.1) is 34.7 Å². The van der Waals surface area contributed by atoms with Gasteiger partial charge in [-0.2, -0.15) is 5.10 Å². The summed E-state index contributed by atoms with van der Waals surface area (Å²) in [6.45, 7) is 5.34. The topological polar surface area (TPSA) is 57.2 Å². The Bertz CT molecular complexity index is 1100. The second-order valence-corrected chi connectivity index (χ2v) is 8.16. The normalized spacial score (nSPS) is 15.6. The van der Waals surface area contributed by atoms with Gasteiger partial charge in [0.15, 0.2) is 5.82 Å². The van der Waals surface area contributed by atoms with E-state index in [4.69, 9.17) is 0 Å². The summed E-state index contributed by atoms with van der Waals surface area (Å²) in [5, 5.41) is 12.3.